The predicted molar refractivity (Wildman–Crippen MR) is 118 cm³/mol. The summed E-state index contributed by atoms with van der Waals surface area (Å²) in [5.74, 6) is -0.739. The Labute approximate surface area is 182 Å². The van der Waals surface area contributed by atoms with Crippen molar-refractivity contribution in [3.8, 4) is 0 Å². The van der Waals surface area contributed by atoms with Crippen LogP contribution in [0.1, 0.15) is 26.4 Å². The molecule has 0 saturated carbocycles. The first-order chi connectivity index (χ1) is 13.8. The van der Waals surface area contributed by atoms with Crippen LogP contribution >= 0.6 is 34.5 Å². The van der Waals surface area contributed by atoms with Crippen LogP contribution in [-0.2, 0) is 6.54 Å². The summed E-state index contributed by atoms with van der Waals surface area (Å²) in [6.45, 7) is 0.381. The van der Waals surface area contributed by atoms with Crippen LogP contribution in [0.4, 0.5) is 10.8 Å². The highest BCUT2D eigenvalue weighted by Gasteiger charge is 2.15. The Morgan fingerprint density at radius 2 is 1.79 bits per heavy atom. The summed E-state index contributed by atoms with van der Waals surface area (Å²) in [6, 6.07) is 12.5. The highest BCUT2D eigenvalue weighted by molar-refractivity contribution is 7.14. The van der Waals surface area contributed by atoms with Gasteiger partial charge in [0.1, 0.15) is 5.69 Å². The standard InChI is InChI=1S/C20H18Cl2N4O2S/c1-26(2)14-6-3-12(4-7-14)10-23-19(28)17-11-29-20(24-17)25-18(27)15-8-5-13(21)9-16(15)22/h3-9,11H,10H2,1-2H3,(H,23,28)(H,24,25,27). The number of hydrogen-bond acceptors (Lipinski definition) is 5. The largest absolute Gasteiger partial charge is 0.378 e. The molecule has 0 aliphatic heterocycles. The van der Waals surface area contributed by atoms with Crippen molar-refractivity contribution in [2.45, 2.75) is 6.54 Å². The van der Waals surface area contributed by atoms with Gasteiger partial charge in [-0.25, -0.2) is 4.98 Å². The Balaban J connectivity index is 1.58. The molecule has 1 aromatic heterocycles. The fraction of sp³-hybridized carbons (Fsp3) is 0.150. The van der Waals surface area contributed by atoms with Crippen molar-refractivity contribution < 1.29 is 9.59 Å². The zero-order valence-electron chi connectivity index (χ0n) is 15.7. The van der Waals surface area contributed by atoms with Crippen molar-refractivity contribution in [1.29, 1.82) is 0 Å². The molecule has 0 atom stereocenters. The summed E-state index contributed by atoms with van der Waals surface area (Å²) in [5.41, 5.74) is 2.57. The summed E-state index contributed by atoms with van der Waals surface area (Å²) in [5, 5.41) is 8.04. The molecule has 0 aliphatic carbocycles. The molecule has 3 rings (SSSR count). The minimum Gasteiger partial charge on any atom is -0.378 e. The number of amides is 2. The maximum atomic E-state index is 12.3. The van der Waals surface area contributed by atoms with Gasteiger partial charge in [-0.15, -0.1) is 11.3 Å². The zero-order valence-corrected chi connectivity index (χ0v) is 18.0. The maximum Gasteiger partial charge on any atom is 0.271 e. The van der Waals surface area contributed by atoms with Crippen LogP contribution in [0.3, 0.4) is 0 Å². The topological polar surface area (TPSA) is 74.3 Å². The average molecular weight is 449 g/mol. The minimum atomic E-state index is -0.422. The molecule has 1 heterocycles. The molecule has 150 valence electrons. The molecular formula is C20H18Cl2N4O2S. The smallest absolute Gasteiger partial charge is 0.271 e. The molecule has 6 nitrogen and oxygen atoms in total. The molecule has 3 aromatic rings. The first kappa shape index (κ1) is 21.1. The summed E-state index contributed by atoms with van der Waals surface area (Å²) in [4.78, 5) is 30.8. The molecule has 0 spiro atoms. The van der Waals surface area contributed by atoms with E-state index in [0.29, 0.717) is 16.7 Å². The lowest BCUT2D eigenvalue weighted by atomic mass is 10.2. The third kappa shape index (κ3) is 5.47. The van der Waals surface area contributed by atoms with E-state index in [1.54, 1.807) is 11.4 Å². The van der Waals surface area contributed by atoms with Crippen LogP contribution in [0.25, 0.3) is 0 Å². The van der Waals surface area contributed by atoms with Crippen molar-refractivity contribution in [3.05, 3.63) is 74.7 Å². The van der Waals surface area contributed by atoms with Crippen LogP contribution in [0.2, 0.25) is 10.0 Å². The number of thiazole rings is 1. The number of halogens is 2. The monoisotopic (exact) mass is 448 g/mol. The summed E-state index contributed by atoms with van der Waals surface area (Å²) in [7, 11) is 3.94. The molecule has 0 aliphatic rings. The van der Waals surface area contributed by atoms with E-state index in [0.717, 1.165) is 22.6 Å². The number of benzene rings is 2. The predicted octanol–water partition coefficient (Wildman–Crippen LogP) is 4.70. The van der Waals surface area contributed by atoms with Crippen LogP contribution in [0.5, 0.6) is 0 Å². The number of nitrogens with zero attached hydrogens (tertiary/aromatic N) is 2. The number of aromatic nitrogens is 1. The van der Waals surface area contributed by atoms with Crippen LogP contribution in [-0.4, -0.2) is 30.9 Å². The molecule has 29 heavy (non-hydrogen) atoms. The maximum absolute atomic E-state index is 12.3. The Morgan fingerprint density at radius 3 is 2.45 bits per heavy atom. The second kappa shape index (κ2) is 9.26. The zero-order chi connectivity index (χ0) is 21.0. The fourth-order valence-electron chi connectivity index (χ4n) is 2.46. The molecule has 2 aromatic carbocycles. The Hall–Kier alpha value is -2.61. The summed E-state index contributed by atoms with van der Waals surface area (Å²) >= 11 is 13.0. The SMILES string of the molecule is CN(C)c1ccc(CNC(=O)c2csc(NC(=O)c3ccc(Cl)cc3Cl)n2)cc1. The lowest BCUT2D eigenvalue weighted by Gasteiger charge is -2.12. The molecule has 0 unspecified atom stereocenters. The summed E-state index contributed by atoms with van der Waals surface area (Å²) < 4.78 is 0. The Morgan fingerprint density at radius 1 is 1.07 bits per heavy atom. The minimum absolute atomic E-state index is 0.234. The van der Waals surface area contributed by atoms with Crippen LogP contribution in [0.15, 0.2) is 47.8 Å². The highest BCUT2D eigenvalue weighted by Crippen LogP contribution is 2.23. The first-order valence-electron chi connectivity index (χ1n) is 8.60. The summed E-state index contributed by atoms with van der Waals surface area (Å²) in [6.07, 6.45) is 0. The van der Waals surface area contributed by atoms with Crippen molar-refractivity contribution in [1.82, 2.24) is 10.3 Å². The van der Waals surface area contributed by atoms with Crippen LogP contribution in [0, 0.1) is 0 Å². The van der Waals surface area contributed by atoms with Gasteiger partial charge in [-0.05, 0) is 35.9 Å². The van der Waals surface area contributed by atoms with Crippen molar-refractivity contribution in [3.63, 3.8) is 0 Å². The van der Waals surface area contributed by atoms with Crippen molar-refractivity contribution in [2.75, 3.05) is 24.3 Å². The molecule has 2 N–H and O–H groups in total. The van der Waals surface area contributed by atoms with Gasteiger partial charge in [-0.1, -0.05) is 35.3 Å². The van der Waals surface area contributed by atoms with E-state index in [1.807, 2.05) is 43.3 Å². The van der Waals surface area contributed by atoms with Gasteiger partial charge in [-0.2, -0.15) is 0 Å². The van der Waals surface area contributed by atoms with E-state index in [4.69, 9.17) is 23.2 Å². The highest BCUT2D eigenvalue weighted by atomic mass is 35.5. The lowest BCUT2D eigenvalue weighted by molar-refractivity contribution is 0.0945. The van der Waals surface area contributed by atoms with Gasteiger partial charge in [0.05, 0.1) is 10.6 Å². The lowest BCUT2D eigenvalue weighted by Crippen LogP contribution is -2.23. The fourth-order valence-corrected chi connectivity index (χ4v) is 3.64. The van der Waals surface area contributed by atoms with E-state index in [1.165, 1.54) is 12.1 Å². The van der Waals surface area contributed by atoms with E-state index in [-0.39, 0.29) is 22.2 Å². The number of hydrogen-bond donors (Lipinski definition) is 2. The van der Waals surface area contributed by atoms with Gasteiger partial charge in [0, 0.05) is 36.7 Å². The molecular weight excluding hydrogens is 431 g/mol. The number of carbonyl (C=O) groups excluding carboxylic acids is 2. The van der Waals surface area contributed by atoms with Gasteiger partial charge in [-0.3, -0.25) is 14.9 Å². The molecule has 0 saturated heterocycles. The number of anilines is 2. The second-order valence-corrected chi connectivity index (χ2v) is 8.06. The van der Waals surface area contributed by atoms with Crippen molar-refractivity contribution in [2.24, 2.45) is 0 Å². The van der Waals surface area contributed by atoms with Gasteiger partial charge >= 0.3 is 0 Å². The molecule has 9 heteroatoms. The molecule has 0 radical (unpaired) electrons. The third-order valence-corrected chi connectivity index (χ3v) is 5.34. The Bertz CT molecular complexity index is 1040. The van der Waals surface area contributed by atoms with E-state index in [9.17, 15) is 9.59 Å². The van der Waals surface area contributed by atoms with Gasteiger partial charge in [0.15, 0.2) is 5.13 Å². The molecule has 0 fully saturated rings. The number of nitrogens with one attached hydrogen (secondary N) is 2. The Kier molecular flexibility index (Phi) is 6.74. The van der Waals surface area contributed by atoms with Gasteiger partial charge in [0.2, 0.25) is 0 Å². The van der Waals surface area contributed by atoms with Crippen LogP contribution < -0.4 is 15.5 Å². The normalized spacial score (nSPS) is 10.5. The molecule has 2 amide bonds. The van der Waals surface area contributed by atoms with E-state index < -0.39 is 5.91 Å². The van der Waals surface area contributed by atoms with E-state index in [2.05, 4.69) is 15.6 Å². The van der Waals surface area contributed by atoms with Crippen molar-refractivity contribution >= 4 is 57.2 Å². The van der Waals surface area contributed by atoms with Gasteiger partial charge < -0.3 is 10.2 Å². The van der Waals surface area contributed by atoms with E-state index >= 15 is 0 Å². The third-order valence-electron chi connectivity index (χ3n) is 4.04. The molecule has 0 bridgehead atoms. The quantitative estimate of drug-likeness (QED) is 0.572. The average Bonchev–Trinajstić information content (AvgIpc) is 3.14. The number of rotatable bonds is 6. The number of carbonyl (C=O) groups is 2. The first-order valence-corrected chi connectivity index (χ1v) is 10.2. The second-order valence-electron chi connectivity index (χ2n) is 6.36. The van der Waals surface area contributed by atoms with Gasteiger partial charge in [0.25, 0.3) is 11.8 Å².